The van der Waals surface area contributed by atoms with Gasteiger partial charge >= 0.3 is 0 Å². The van der Waals surface area contributed by atoms with Crippen LogP contribution in [0.1, 0.15) is 12.2 Å². The predicted molar refractivity (Wildman–Crippen MR) is 118 cm³/mol. The topological polar surface area (TPSA) is 107 Å². The Morgan fingerprint density at radius 2 is 1.87 bits per heavy atom. The fourth-order valence-corrected chi connectivity index (χ4v) is 3.23. The maximum absolute atomic E-state index is 12.5. The zero-order valence-electron chi connectivity index (χ0n) is 17.2. The number of hydrogen-bond acceptors (Lipinski definition) is 6. The van der Waals surface area contributed by atoms with E-state index in [2.05, 4.69) is 25.6 Å². The summed E-state index contributed by atoms with van der Waals surface area (Å²) >= 11 is 0. The summed E-state index contributed by atoms with van der Waals surface area (Å²) < 4.78 is 3.37. The second-order valence-electron chi connectivity index (χ2n) is 7.04. The van der Waals surface area contributed by atoms with Crippen molar-refractivity contribution in [1.82, 2.24) is 29.4 Å². The van der Waals surface area contributed by atoms with Crippen molar-refractivity contribution < 1.29 is 4.79 Å². The van der Waals surface area contributed by atoms with Crippen molar-refractivity contribution in [3.05, 3.63) is 77.4 Å². The van der Waals surface area contributed by atoms with Gasteiger partial charge in [-0.15, -0.1) is 0 Å². The minimum Gasteiger partial charge on any atom is -0.368 e. The Hall–Kier alpha value is -4.01. The highest BCUT2D eigenvalue weighted by Gasteiger charge is 2.07. The molecule has 0 atom stereocenters. The summed E-state index contributed by atoms with van der Waals surface area (Å²) in [5.74, 6) is 2.00. The number of carbonyl (C=O) groups excluding carboxylic acids is 1. The lowest BCUT2D eigenvalue weighted by molar-refractivity contribution is -0.121. The molecule has 1 aromatic carbocycles. The highest BCUT2D eigenvalue weighted by atomic mass is 16.1. The van der Waals surface area contributed by atoms with Crippen LogP contribution in [0.15, 0.2) is 66.0 Å². The SMILES string of the molecule is Cc1nc(NCCNC(=O)CCn2cnc3ccccc3c2=O)cc(-n2cccc2)n1. The average Bonchev–Trinajstić information content (AvgIpc) is 3.31. The van der Waals surface area contributed by atoms with Gasteiger partial charge in [-0.05, 0) is 31.2 Å². The number of nitrogens with zero attached hydrogens (tertiary/aromatic N) is 5. The molecule has 2 N–H and O–H groups in total. The third-order valence-corrected chi connectivity index (χ3v) is 4.76. The summed E-state index contributed by atoms with van der Waals surface area (Å²) in [7, 11) is 0. The highest BCUT2D eigenvalue weighted by molar-refractivity contribution is 5.77. The summed E-state index contributed by atoms with van der Waals surface area (Å²) in [4.78, 5) is 37.7. The summed E-state index contributed by atoms with van der Waals surface area (Å²) in [6.45, 7) is 3.07. The molecule has 0 radical (unpaired) electrons. The molecule has 9 heteroatoms. The van der Waals surface area contributed by atoms with Crippen LogP contribution in [0.3, 0.4) is 0 Å². The summed E-state index contributed by atoms with van der Waals surface area (Å²) in [6.07, 6.45) is 5.52. The maximum atomic E-state index is 12.5. The van der Waals surface area contributed by atoms with Gasteiger partial charge in [-0.25, -0.2) is 15.0 Å². The lowest BCUT2D eigenvalue weighted by atomic mass is 10.2. The van der Waals surface area contributed by atoms with Crippen LogP contribution in [0, 0.1) is 6.92 Å². The Labute approximate surface area is 178 Å². The molecule has 0 spiro atoms. The van der Waals surface area contributed by atoms with Crippen LogP contribution in [0.25, 0.3) is 16.7 Å². The molecule has 4 rings (SSSR count). The number of anilines is 1. The third-order valence-electron chi connectivity index (χ3n) is 4.76. The van der Waals surface area contributed by atoms with Crippen LogP contribution in [0.4, 0.5) is 5.82 Å². The van der Waals surface area contributed by atoms with E-state index < -0.39 is 0 Å². The van der Waals surface area contributed by atoms with E-state index >= 15 is 0 Å². The van der Waals surface area contributed by atoms with Crippen molar-refractivity contribution in [2.45, 2.75) is 19.9 Å². The zero-order valence-corrected chi connectivity index (χ0v) is 17.2. The predicted octanol–water partition coefficient (Wildman–Crippen LogP) is 1.90. The van der Waals surface area contributed by atoms with Crippen molar-refractivity contribution in [1.29, 1.82) is 0 Å². The minimum atomic E-state index is -0.141. The Bertz CT molecular complexity index is 1250. The van der Waals surface area contributed by atoms with E-state index in [-0.39, 0.29) is 24.4 Å². The number of hydrogen-bond donors (Lipinski definition) is 2. The molecular formula is C22H23N7O2. The number of rotatable bonds is 8. The Morgan fingerprint density at radius 1 is 1.06 bits per heavy atom. The van der Waals surface area contributed by atoms with Gasteiger partial charge in [0.15, 0.2) is 0 Å². The Kier molecular flexibility index (Phi) is 6.02. The molecule has 3 aromatic heterocycles. The van der Waals surface area contributed by atoms with Gasteiger partial charge in [0.1, 0.15) is 17.5 Å². The summed E-state index contributed by atoms with van der Waals surface area (Å²) in [5, 5.41) is 6.60. The molecule has 158 valence electrons. The smallest absolute Gasteiger partial charge is 0.261 e. The molecule has 0 bridgehead atoms. The van der Waals surface area contributed by atoms with E-state index in [0.29, 0.717) is 35.6 Å². The first-order chi connectivity index (χ1) is 15.1. The minimum absolute atomic E-state index is 0.131. The fourth-order valence-electron chi connectivity index (χ4n) is 3.23. The van der Waals surface area contributed by atoms with Gasteiger partial charge in [-0.2, -0.15) is 0 Å². The molecule has 31 heavy (non-hydrogen) atoms. The largest absolute Gasteiger partial charge is 0.368 e. The average molecular weight is 417 g/mol. The van der Waals surface area contributed by atoms with Crippen LogP contribution in [0.2, 0.25) is 0 Å². The van der Waals surface area contributed by atoms with Gasteiger partial charge in [-0.1, -0.05) is 12.1 Å². The number of benzene rings is 1. The number of carbonyl (C=O) groups is 1. The van der Waals surface area contributed by atoms with Crippen LogP contribution in [0.5, 0.6) is 0 Å². The normalized spacial score (nSPS) is 10.9. The molecule has 0 fully saturated rings. The highest BCUT2D eigenvalue weighted by Crippen LogP contribution is 2.11. The van der Waals surface area contributed by atoms with Crippen molar-refractivity contribution in [2.24, 2.45) is 0 Å². The van der Waals surface area contributed by atoms with Crippen molar-refractivity contribution in [3.8, 4) is 5.82 Å². The zero-order chi connectivity index (χ0) is 21.6. The first-order valence-electron chi connectivity index (χ1n) is 10.0. The standard InChI is InChI=1S/C22H23N7O2/c1-16-26-19(14-20(27-16)28-11-4-5-12-28)23-9-10-24-21(30)8-13-29-15-25-18-7-3-2-6-17(18)22(29)31/h2-7,11-12,14-15H,8-10,13H2,1H3,(H,24,30)(H,23,26,27). The Morgan fingerprint density at radius 3 is 2.71 bits per heavy atom. The lowest BCUT2D eigenvalue weighted by Crippen LogP contribution is -2.31. The van der Waals surface area contributed by atoms with E-state index in [1.807, 2.05) is 48.1 Å². The second kappa shape index (κ2) is 9.21. The number of aromatic nitrogens is 5. The lowest BCUT2D eigenvalue weighted by Gasteiger charge is -2.10. The van der Waals surface area contributed by atoms with Crippen molar-refractivity contribution in [3.63, 3.8) is 0 Å². The van der Waals surface area contributed by atoms with Crippen LogP contribution in [-0.2, 0) is 11.3 Å². The van der Waals surface area contributed by atoms with Gasteiger partial charge < -0.3 is 15.2 Å². The molecule has 9 nitrogen and oxygen atoms in total. The third kappa shape index (κ3) is 4.95. The van der Waals surface area contributed by atoms with Gasteiger partial charge in [0.25, 0.3) is 5.56 Å². The van der Waals surface area contributed by atoms with E-state index in [1.165, 1.54) is 10.9 Å². The quantitative estimate of drug-likeness (QED) is 0.424. The van der Waals surface area contributed by atoms with Gasteiger partial charge in [-0.3, -0.25) is 14.2 Å². The van der Waals surface area contributed by atoms with E-state index in [1.54, 1.807) is 18.2 Å². The molecule has 0 aliphatic heterocycles. The molecular weight excluding hydrogens is 394 g/mol. The maximum Gasteiger partial charge on any atom is 0.261 e. The molecule has 0 aliphatic rings. The molecule has 0 unspecified atom stereocenters. The molecule has 0 saturated carbocycles. The van der Waals surface area contributed by atoms with Crippen molar-refractivity contribution in [2.75, 3.05) is 18.4 Å². The van der Waals surface area contributed by atoms with Crippen LogP contribution >= 0.6 is 0 Å². The van der Waals surface area contributed by atoms with Gasteiger partial charge in [0, 0.05) is 44.5 Å². The summed E-state index contributed by atoms with van der Waals surface area (Å²) in [6, 6.07) is 12.9. The van der Waals surface area contributed by atoms with Crippen LogP contribution in [-0.4, -0.2) is 43.1 Å². The first kappa shape index (κ1) is 20.3. The number of fused-ring (bicyclic) bond motifs is 1. The second-order valence-corrected chi connectivity index (χ2v) is 7.04. The number of para-hydroxylation sites is 1. The molecule has 0 saturated heterocycles. The van der Waals surface area contributed by atoms with Crippen LogP contribution < -0.4 is 16.2 Å². The number of aryl methyl sites for hydroxylation is 2. The van der Waals surface area contributed by atoms with E-state index in [4.69, 9.17) is 0 Å². The first-order valence-corrected chi connectivity index (χ1v) is 10.0. The molecule has 3 heterocycles. The molecule has 4 aromatic rings. The molecule has 0 aliphatic carbocycles. The van der Waals surface area contributed by atoms with Crippen molar-refractivity contribution >= 4 is 22.6 Å². The van der Waals surface area contributed by atoms with Gasteiger partial charge in [0.2, 0.25) is 5.91 Å². The van der Waals surface area contributed by atoms with E-state index in [0.717, 1.165) is 5.82 Å². The number of nitrogens with one attached hydrogen (secondary N) is 2. The van der Waals surface area contributed by atoms with Gasteiger partial charge in [0.05, 0.1) is 17.2 Å². The van der Waals surface area contributed by atoms with E-state index in [9.17, 15) is 9.59 Å². The number of amides is 1. The fraction of sp³-hybridized carbons (Fsp3) is 0.227. The molecule has 1 amide bonds. The summed E-state index contributed by atoms with van der Waals surface area (Å²) in [5.41, 5.74) is 0.511. The Balaban J connectivity index is 1.26. The monoisotopic (exact) mass is 417 g/mol.